The summed E-state index contributed by atoms with van der Waals surface area (Å²) in [6.45, 7) is 3.93. The molecule has 4 heteroatoms. The molecule has 0 radical (unpaired) electrons. The SMILES string of the molecule is COCC(C)OC1COCCC1N. The minimum Gasteiger partial charge on any atom is -0.382 e. The molecule has 0 amide bonds. The smallest absolute Gasteiger partial charge is 0.0964 e. The van der Waals surface area contributed by atoms with Gasteiger partial charge in [-0.3, -0.25) is 0 Å². The molecule has 1 heterocycles. The van der Waals surface area contributed by atoms with Crippen LogP contribution >= 0.6 is 0 Å². The predicted molar refractivity (Wildman–Crippen MR) is 49.6 cm³/mol. The van der Waals surface area contributed by atoms with Crippen molar-refractivity contribution in [3.63, 3.8) is 0 Å². The molecule has 0 aliphatic carbocycles. The van der Waals surface area contributed by atoms with Crippen LogP contribution in [0.1, 0.15) is 13.3 Å². The molecular formula is C9H19NO3. The summed E-state index contributed by atoms with van der Waals surface area (Å²) in [4.78, 5) is 0. The molecule has 13 heavy (non-hydrogen) atoms. The number of hydrogen-bond acceptors (Lipinski definition) is 4. The van der Waals surface area contributed by atoms with Gasteiger partial charge in [0, 0.05) is 19.8 Å². The molecule has 1 rings (SSSR count). The first-order valence-corrected chi connectivity index (χ1v) is 4.71. The molecular weight excluding hydrogens is 170 g/mol. The van der Waals surface area contributed by atoms with Crippen molar-refractivity contribution < 1.29 is 14.2 Å². The molecule has 3 unspecified atom stereocenters. The largest absolute Gasteiger partial charge is 0.382 e. The monoisotopic (exact) mass is 189 g/mol. The highest BCUT2D eigenvalue weighted by Crippen LogP contribution is 2.11. The van der Waals surface area contributed by atoms with Crippen molar-refractivity contribution in [2.75, 3.05) is 26.9 Å². The van der Waals surface area contributed by atoms with Gasteiger partial charge in [0.1, 0.15) is 0 Å². The minimum absolute atomic E-state index is 0.0268. The van der Waals surface area contributed by atoms with Gasteiger partial charge in [-0.2, -0.15) is 0 Å². The van der Waals surface area contributed by atoms with E-state index in [1.165, 1.54) is 0 Å². The molecule has 0 aromatic heterocycles. The van der Waals surface area contributed by atoms with E-state index in [9.17, 15) is 0 Å². The van der Waals surface area contributed by atoms with Crippen LogP contribution in [-0.4, -0.2) is 45.2 Å². The van der Waals surface area contributed by atoms with Crippen molar-refractivity contribution in [3.05, 3.63) is 0 Å². The molecule has 4 nitrogen and oxygen atoms in total. The molecule has 1 aliphatic rings. The third kappa shape index (κ3) is 3.60. The van der Waals surface area contributed by atoms with Crippen LogP contribution in [0.25, 0.3) is 0 Å². The standard InChI is InChI=1S/C9H19NO3/c1-7(5-11-2)13-9-6-12-4-3-8(9)10/h7-9H,3-6,10H2,1-2H3. The van der Waals surface area contributed by atoms with Gasteiger partial charge in [0.2, 0.25) is 0 Å². The summed E-state index contributed by atoms with van der Waals surface area (Å²) in [5, 5.41) is 0. The summed E-state index contributed by atoms with van der Waals surface area (Å²) >= 11 is 0. The highest BCUT2D eigenvalue weighted by molar-refractivity contribution is 4.77. The molecule has 2 N–H and O–H groups in total. The van der Waals surface area contributed by atoms with Crippen molar-refractivity contribution in [2.24, 2.45) is 5.73 Å². The average Bonchev–Trinajstić information content (AvgIpc) is 2.09. The zero-order chi connectivity index (χ0) is 9.68. The van der Waals surface area contributed by atoms with E-state index in [0.717, 1.165) is 13.0 Å². The zero-order valence-corrected chi connectivity index (χ0v) is 8.36. The normalized spacial score (nSPS) is 31.6. The maximum Gasteiger partial charge on any atom is 0.0964 e. The lowest BCUT2D eigenvalue weighted by Crippen LogP contribution is -2.46. The summed E-state index contributed by atoms with van der Waals surface area (Å²) < 4.78 is 15.9. The second kappa shape index (κ2) is 5.54. The summed E-state index contributed by atoms with van der Waals surface area (Å²) in [5.74, 6) is 0. The van der Waals surface area contributed by atoms with Gasteiger partial charge in [-0.25, -0.2) is 0 Å². The van der Waals surface area contributed by atoms with Crippen molar-refractivity contribution in [3.8, 4) is 0 Å². The molecule has 3 atom stereocenters. The van der Waals surface area contributed by atoms with Crippen LogP contribution in [0.3, 0.4) is 0 Å². The van der Waals surface area contributed by atoms with Crippen LogP contribution in [0.5, 0.6) is 0 Å². The molecule has 1 saturated heterocycles. The fraction of sp³-hybridized carbons (Fsp3) is 1.00. The number of rotatable bonds is 4. The first-order valence-electron chi connectivity index (χ1n) is 4.71. The molecule has 0 saturated carbocycles. The molecule has 0 aromatic rings. The second-order valence-corrected chi connectivity index (χ2v) is 3.47. The highest BCUT2D eigenvalue weighted by atomic mass is 16.6. The lowest BCUT2D eigenvalue weighted by molar-refractivity contribution is -0.103. The maximum absolute atomic E-state index is 5.88. The van der Waals surface area contributed by atoms with E-state index in [1.54, 1.807) is 7.11 Å². The number of hydrogen-bond donors (Lipinski definition) is 1. The van der Waals surface area contributed by atoms with Crippen molar-refractivity contribution >= 4 is 0 Å². The van der Waals surface area contributed by atoms with Gasteiger partial charge >= 0.3 is 0 Å². The average molecular weight is 189 g/mol. The molecule has 78 valence electrons. The highest BCUT2D eigenvalue weighted by Gasteiger charge is 2.24. The Balaban J connectivity index is 2.25. The zero-order valence-electron chi connectivity index (χ0n) is 8.36. The van der Waals surface area contributed by atoms with Crippen molar-refractivity contribution in [1.82, 2.24) is 0 Å². The Morgan fingerprint density at radius 2 is 2.38 bits per heavy atom. The van der Waals surface area contributed by atoms with Crippen LogP contribution in [-0.2, 0) is 14.2 Å². The van der Waals surface area contributed by atoms with E-state index in [2.05, 4.69) is 0 Å². The Hall–Kier alpha value is -0.160. The van der Waals surface area contributed by atoms with Gasteiger partial charge in [-0.1, -0.05) is 0 Å². The van der Waals surface area contributed by atoms with Crippen molar-refractivity contribution in [2.45, 2.75) is 31.6 Å². The summed E-state index contributed by atoms with van der Waals surface area (Å²) in [6.07, 6.45) is 0.992. The second-order valence-electron chi connectivity index (χ2n) is 3.47. The molecule has 1 fully saturated rings. The first kappa shape index (κ1) is 10.9. The van der Waals surface area contributed by atoms with Gasteiger partial charge in [-0.05, 0) is 13.3 Å². The van der Waals surface area contributed by atoms with Gasteiger partial charge in [0.05, 0.1) is 25.4 Å². The fourth-order valence-corrected chi connectivity index (χ4v) is 1.44. The summed E-state index contributed by atoms with van der Waals surface area (Å²) in [7, 11) is 1.66. The lowest BCUT2D eigenvalue weighted by atomic mass is 10.1. The van der Waals surface area contributed by atoms with Crippen LogP contribution in [0.4, 0.5) is 0 Å². The van der Waals surface area contributed by atoms with Crippen LogP contribution < -0.4 is 5.73 Å². The Labute approximate surface area is 79.3 Å². The van der Waals surface area contributed by atoms with E-state index in [-0.39, 0.29) is 18.2 Å². The van der Waals surface area contributed by atoms with Gasteiger partial charge in [-0.15, -0.1) is 0 Å². The molecule has 1 aliphatic heterocycles. The van der Waals surface area contributed by atoms with Gasteiger partial charge < -0.3 is 19.9 Å². The predicted octanol–water partition coefficient (Wildman–Crippen LogP) is 0.154. The van der Waals surface area contributed by atoms with Crippen LogP contribution in [0.2, 0.25) is 0 Å². The maximum atomic E-state index is 5.88. The quantitative estimate of drug-likeness (QED) is 0.684. The van der Waals surface area contributed by atoms with Gasteiger partial charge in [0.25, 0.3) is 0 Å². The Kier molecular flexibility index (Phi) is 4.66. The Morgan fingerprint density at radius 3 is 3.00 bits per heavy atom. The number of ether oxygens (including phenoxy) is 3. The third-order valence-corrected chi connectivity index (χ3v) is 2.16. The lowest BCUT2D eigenvalue weighted by Gasteiger charge is -2.30. The van der Waals surface area contributed by atoms with Crippen LogP contribution in [0, 0.1) is 0 Å². The first-order chi connectivity index (χ1) is 6.24. The molecule has 0 aromatic carbocycles. The van der Waals surface area contributed by atoms with E-state index in [4.69, 9.17) is 19.9 Å². The third-order valence-electron chi connectivity index (χ3n) is 2.16. The topological polar surface area (TPSA) is 53.7 Å². The van der Waals surface area contributed by atoms with E-state index in [1.807, 2.05) is 6.92 Å². The Bertz CT molecular complexity index is 143. The Morgan fingerprint density at radius 1 is 1.62 bits per heavy atom. The molecule has 0 bridgehead atoms. The van der Waals surface area contributed by atoms with E-state index >= 15 is 0 Å². The number of nitrogens with two attached hydrogens (primary N) is 1. The molecule has 0 spiro atoms. The summed E-state index contributed by atoms with van der Waals surface area (Å²) in [5.41, 5.74) is 5.88. The summed E-state index contributed by atoms with van der Waals surface area (Å²) in [6, 6.07) is 0.105. The van der Waals surface area contributed by atoms with E-state index < -0.39 is 0 Å². The van der Waals surface area contributed by atoms with Gasteiger partial charge in [0.15, 0.2) is 0 Å². The van der Waals surface area contributed by atoms with Crippen LogP contribution in [0.15, 0.2) is 0 Å². The minimum atomic E-state index is 0.0268. The fourth-order valence-electron chi connectivity index (χ4n) is 1.44. The number of methoxy groups -OCH3 is 1. The van der Waals surface area contributed by atoms with E-state index in [0.29, 0.717) is 13.2 Å². The van der Waals surface area contributed by atoms with Crippen molar-refractivity contribution in [1.29, 1.82) is 0 Å².